The molecule has 0 bridgehead atoms. The summed E-state index contributed by atoms with van der Waals surface area (Å²) >= 11 is 6.06. The third kappa shape index (κ3) is 2.71. The Morgan fingerprint density at radius 2 is 1.84 bits per heavy atom. The van der Waals surface area contributed by atoms with Gasteiger partial charge in [-0.2, -0.15) is 5.10 Å². The Morgan fingerprint density at radius 3 is 2.48 bits per heavy atom. The van der Waals surface area contributed by atoms with Gasteiger partial charge < -0.3 is 0 Å². The van der Waals surface area contributed by atoms with E-state index in [2.05, 4.69) is 40.6 Å². The van der Waals surface area contributed by atoms with Crippen LogP contribution in [0.2, 0.25) is 5.02 Å². The molecule has 0 N–H and O–H groups in total. The fraction of sp³-hybridized carbons (Fsp3) is 0.381. The lowest BCUT2D eigenvalue weighted by atomic mass is 9.94. The normalized spacial score (nSPS) is 21.1. The van der Waals surface area contributed by atoms with Gasteiger partial charge in [-0.05, 0) is 61.8 Å². The zero-order chi connectivity index (χ0) is 16.9. The van der Waals surface area contributed by atoms with E-state index in [1.807, 2.05) is 12.1 Å². The molecule has 0 spiro atoms. The van der Waals surface area contributed by atoms with Crippen molar-refractivity contribution < 1.29 is 0 Å². The third-order valence-corrected chi connectivity index (χ3v) is 5.82. The molecule has 0 radical (unpaired) electrons. The van der Waals surface area contributed by atoms with Crippen molar-refractivity contribution in [3.63, 3.8) is 0 Å². The topological polar surface area (TPSA) is 38.7 Å². The molecule has 1 aromatic carbocycles. The quantitative estimate of drug-likeness (QED) is 0.760. The smallest absolute Gasteiger partial charge is 0.162 e. The van der Waals surface area contributed by atoms with Crippen LogP contribution >= 0.6 is 11.6 Å². The molecule has 2 saturated carbocycles. The number of nitrogens with zero attached hydrogens (tertiary/aromatic N) is 3. The summed E-state index contributed by atoms with van der Waals surface area (Å²) in [7, 11) is 0. The van der Waals surface area contributed by atoms with Crippen LogP contribution in [0, 0.1) is 0 Å². The molecule has 1 heterocycles. The Morgan fingerprint density at radius 1 is 1.04 bits per heavy atom. The summed E-state index contributed by atoms with van der Waals surface area (Å²) in [5.74, 6) is 1.44. The Balaban J connectivity index is 1.59. The van der Waals surface area contributed by atoms with Gasteiger partial charge in [0.05, 0.1) is 16.8 Å². The Labute approximate surface area is 152 Å². The van der Waals surface area contributed by atoms with Gasteiger partial charge in [-0.3, -0.25) is 0 Å². The maximum Gasteiger partial charge on any atom is 0.162 e. The van der Waals surface area contributed by atoms with Crippen molar-refractivity contribution in [1.82, 2.24) is 15.2 Å². The van der Waals surface area contributed by atoms with E-state index >= 15 is 0 Å². The van der Waals surface area contributed by atoms with Gasteiger partial charge in [-0.15, -0.1) is 5.10 Å². The van der Waals surface area contributed by atoms with E-state index in [0.29, 0.717) is 5.92 Å². The van der Waals surface area contributed by atoms with E-state index in [1.165, 1.54) is 24.0 Å². The molecule has 0 saturated heterocycles. The second-order valence-electron chi connectivity index (χ2n) is 7.39. The lowest BCUT2D eigenvalue weighted by Gasteiger charge is -2.18. The maximum atomic E-state index is 6.06. The molecule has 0 unspecified atom stereocenters. The largest absolute Gasteiger partial charge is 0.228 e. The first-order chi connectivity index (χ1) is 12.3. The summed E-state index contributed by atoms with van der Waals surface area (Å²) in [6, 6.07) is 8.13. The molecule has 0 amide bonds. The molecule has 0 aliphatic heterocycles. The van der Waals surface area contributed by atoms with E-state index in [0.717, 1.165) is 47.9 Å². The van der Waals surface area contributed by atoms with E-state index < -0.39 is 0 Å². The zero-order valence-electron chi connectivity index (χ0n) is 14.1. The van der Waals surface area contributed by atoms with Crippen molar-refractivity contribution in [2.24, 2.45) is 0 Å². The molecule has 2 aromatic rings. The van der Waals surface area contributed by atoms with Crippen LogP contribution in [0.3, 0.4) is 0 Å². The zero-order valence-corrected chi connectivity index (χ0v) is 14.8. The van der Waals surface area contributed by atoms with Crippen LogP contribution in [-0.4, -0.2) is 15.2 Å². The van der Waals surface area contributed by atoms with Gasteiger partial charge in [-0.25, -0.2) is 4.98 Å². The standard InChI is InChI=1S/C21H20ClN3/c22-17-10-8-16(9-11-17)21(12-13-21)20-23-18(14-4-2-1-3-5-14)19(24-25-20)15-6-7-15/h1-2,4,8-11,15H,3,5-7,12-13H2. The maximum absolute atomic E-state index is 6.06. The highest BCUT2D eigenvalue weighted by atomic mass is 35.5. The molecule has 0 atom stereocenters. The van der Waals surface area contributed by atoms with E-state index in [4.69, 9.17) is 16.6 Å². The van der Waals surface area contributed by atoms with Gasteiger partial charge in [0, 0.05) is 10.9 Å². The fourth-order valence-corrected chi connectivity index (χ4v) is 3.87. The highest BCUT2D eigenvalue weighted by molar-refractivity contribution is 6.30. The summed E-state index contributed by atoms with van der Waals surface area (Å²) in [6.45, 7) is 0. The first-order valence-electron chi connectivity index (χ1n) is 9.13. The van der Waals surface area contributed by atoms with Crippen molar-refractivity contribution in [3.05, 3.63) is 70.3 Å². The summed E-state index contributed by atoms with van der Waals surface area (Å²) in [4.78, 5) is 5.08. The number of benzene rings is 1. The van der Waals surface area contributed by atoms with Crippen LogP contribution < -0.4 is 0 Å². The summed E-state index contributed by atoms with van der Waals surface area (Å²) in [5.41, 5.74) is 4.70. The molecule has 25 heavy (non-hydrogen) atoms. The Bertz CT molecular complexity index is 875. The lowest BCUT2D eigenvalue weighted by Crippen LogP contribution is -2.17. The predicted molar refractivity (Wildman–Crippen MR) is 99.6 cm³/mol. The molecule has 4 heteroatoms. The third-order valence-electron chi connectivity index (χ3n) is 5.57. The molecule has 3 aliphatic carbocycles. The summed E-state index contributed by atoms with van der Waals surface area (Å²) < 4.78 is 0. The minimum atomic E-state index is -0.0700. The molecular weight excluding hydrogens is 330 g/mol. The van der Waals surface area contributed by atoms with Gasteiger partial charge in [0.1, 0.15) is 0 Å². The minimum Gasteiger partial charge on any atom is -0.228 e. The number of aromatic nitrogens is 3. The number of allylic oxidation sites excluding steroid dienone is 4. The van der Waals surface area contributed by atoms with Crippen molar-refractivity contribution in [2.75, 3.05) is 0 Å². The van der Waals surface area contributed by atoms with Crippen LogP contribution in [0.5, 0.6) is 0 Å². The van der Waals surface area contributed by atoms with Crippen molar-refractivity contribution in [3.8, 4) is 0 Å². The molecule has 126 valence electrons. The highest BCUT2D eigenvalue weighted by Crippen LogP contribution is 2.53. The van der Waals surface area contributed by atoms with Crippen LogP contribution in [0.4, 0.5) is 0 Å². The van der Waals surface area contributed by atoms with Crippen molar-refractivity contribution >= 4 is 17.2 Å². The predicted octanol–water partition coefficient (Wildman–Crippen LogP) is 5.22. The number of hydrogen-bond donors (Lipinski definition) is 0. The number of hydrogen-bond acceptors (Lipinski definition) is 3. The van der Waals surface area contributed by atoms with Crippen LogP contribution in [0.15, 0.2) is 42.5 Å². The van der Waals surface area contributed by atoms with E-state index in [-0.39, 0.29) is 5.41 Å². The van der Waals surface area contributed by atoms with Crippen molar-refractivity contribution in [2.45, 2.75) is 49.9 Å². The second-order valence-corrected chi connectivity index (χ2v) is 7.83. The molecule has 3 nitrogen and oxygen atoms in total. The van der Waals surface area contributed by atoms with Crippen molar-refractivity contribution in [1.29, 1.82) is 0 Å². The second kappa shape index (κ2) is 5.77. The van der Waals surface area contributed by atoms with Gasteiger partial charge in [0.25, 0.3) is 0 Å². The lowest BCUT2D eigenvalue weighted by molar-refractivity contribution is 0.695. The van der Waals surface area contributed by atoms with Crippen LogP contribution in [-0.2, 0) is 5.41 Å². The van der Waals surface area contributed by atoms with Gasteiger partial charge >= 0.3 is 0 Å². The Kier molecular flexibility index (Phi) is 3.53. The molecular formula is C21H20ClN3. The first-order valence-corrected chi connectivity index (χ1v) is 9.51. The average molecular weight is 350 g/mol. The van der Waals surface area contributed by atoms with Gasteiger partial charge in [0.15, 0.2) is 5.82 Å². The molecule has 3 aliphatic rings. The monoisotopic (exact) mass is 349 g/mol. The average Bonchev–Trinajstić information content (AvgIpc) is 3.56. The van der Waals surface area contributed by atoms with Gasteiger partial charge in [0.2, 0.25) is 0 Å². The SMILES string of the molecule is Clc1ccc(C2(c3nnc(C4CC4)c(C4=CC=CCC4)n3)CC2)cc1. The number of halogens is 1. The first kappa shape index (κ1) is 15.3. The number of rotatable bonds is 4. The van der Waals surface area contributed by atoms with Crippen LogP contribution in [0.25, 0.3) is 5.57 Å². The highest BCUT2D eigenvalue weighted by Gasteiger charge is 2.49. The van der Waals surface area contributed by atoms with E-state index in [1.54, 1.807) is 0 Å². The minimum absolute atomic E-state index is 0.0700. The summed E-state index contributed by atoms with van der Waals surface area (Å²) in [6.07, 6.45) is 13.3. The Hall–Kier alpha value is -2.00. The van der Waals surface area contributed by atoms with Crippen LogP contribution in [0.1, 0.15) is 67.2 Å². The fourth-order valence-electron chi connectivity index (χ4n) is 3.74. The molecule has 2 fully saturated rings. The molecule has 1 aromatic heterocycles. The van der Waals surface area contributed by atoms with E-state index in [9.17, 15) is 0 Å². The summed E-state index contributed by atoms with van der Waals surface area (Å²) in [5, 5.41) is 10.0. The molecule has 5 rings (SSSR count). The van der Waals surface area contributed by atoms with Gasteiger partial charge in [-0.1, -0.05) is 42.0 Å².